The summed E-state index contributed by atoms with van der Waals surface area (Å²) in [5, 5.41) is 0. The van der Waals surface area contributed by atoms with Crippen LogP contribution in [0.25, 0.3) is 11.3 Å². The Hall–Kier alpha value is -1.66. The van der Waals surface area contributed by atoms with Crippen molar-refractivity contribution < 1.29 is 4.79 Å². The Labute approximate surface area is 125 Å². The zero-order valence-corrected chi connectivity index (χ0v) is 12.7. The van der Waals surface area contributed by atoms with Crippen LogP contribution in [0.2, 0.25) is 0 Å². The second-order valence-corrected chi connectivity index (χ2v) is 5.65. The number of imidazole rings is 1. The van der Waals surface area contributed by atoms with Crippen molar-refractivity contribution in [3.63, 3.8) is 0 Å². The smallest absolute Gasteiger partial charge is 0.231 e. The normalized spacial score (nSPS) is 13.9. The maximum Gasteiger partial charge on any atom is 0.231 e. The number of carbonyl (C=O) groups is 1. The number of anilines is 1. The van der Waals surface area contributed by atoms with E-state index in [-0.39, 0.29) is 5.91 Å². The van der Waals surface area contributed by atoms with Gasteiger partial charge in [-0.1, -0.05) is 6.07 Å². The Morgan fingerprint density at radius 2 is 2.30 bits per heavy atom. The molecule has 0 saturated carbocycles. The van der Waals surface area contributed by atoms with Gasteiger partial charge >= 0.3 is 0 Å². The summed E-state index contributed by atoms with van der Waals surface area (Å²) in [6.07, 6.45) is 1.17. The first-order valence-corrected chi connectivity index (χ1v) is 7.23. The molecule has 1 amide bonds. The fourth-order valence-electron chi connectivity index (χ4n) is 2.46. The highest BCUT2D eigenvalue weighted by Crippen LogP contribution is 2.33. The van der Waals surface area contributed by atoms with Crippen molar-refractivity contribution in [2.75, 3.05) is 18.5 Å². The van der Waals surface area contributed by atoms with Gasteiger partial charge < -0.3 is 15.6 Å². The molecule has 3 N–H and O–H groups in total. The fourth-order valence-corrected chi connectivity index (χ4v) is 3.01. The first kappa shape index (κ1) is 13.3. The molecule has 1 aromatic carbocycles. The van der Waals surface area contributed by atoms with Crippen LogP contribution in [-0.4, -0.2) is 29.5 Å². The SMILES string of the molecule is CN1C(=O)Cc2cc(-c3nc(CCN)[nH]c3Br)ccc21. The molecule has 0 saturated heterocycles. The lowest BCUT2D eigenvalue weighted by atomic mass is 10.1. The summed E-state index contributed by atoms with van der Waals surface area (Å²) < 4.78 is 0.846. The number of hydrogen-bond acceptors (Lipinski definition) is 3. The van der Waals surface area contributed by atoms with Gasteiger partial charge in [-0.15, -0.1) is 0 Å². The molecule has 0 radical (unpaired) electrons. The van der Waals surface area contributed by atoms with Crippen molar-refractivity contribution in [1.29, 1.82) is 0 Å². The van der Waals surface area contributed by atoms with Crippen molar-refractivity contribution >= 4 is 27.5 Å². The van der Waals surface area contributed by atoms with E-state index < -0.39 is 0 Å². The Bertz CT molecular complexity index is 680. The van der Waals surface area contributed by atoms with Gasteiger partial charge in [-0.25, -0.2) is 4.98 Å². The standard InChI is InChI=1S/C14H15BrN4O/c1-19-10-3-2-8(6-9(10)7-12(19)20)13-14(15)18-11(17-13)4-5-16/h2-3,6H,4-5,7,16H2,1H3,(H,17,18). The highest BCUT2D eigenvalue weighted by molar-refractivity contribution is 9.10. The van der Waals surface area contributed by atoms with E-state index in [2.05, 4.69) is 25.9 Å². The maximum atomic E-state index is 11.7. The summed E-state index contributed by atoms with van der Waals surface area (Å²) >= 11 is 3.49. The molecule has 104 valence electrons. The van der Waals surface area contributed by atoms with Gasteiger partial charge in [0, 0.05) is 24.7 Å². The number of benzene rings is 1. The van der Waals surface area contributed by atoms with Crippen LogP contribution in [0.4, 0.5) is 5.69 Å². The van der Waals surface area contributed by atoms with E-state index in [1.807, 2.05) is 18.2 Å². The number of H-pyrrole nitrogens is 1. The number of aromatic nitrogens is 2. The number of likely N-dealkylation sites (N-methyl/N-ethyl adjacent to an activating group) is 1. The van der Waals surface area contributed by atoms with E-state index in [4.69, 9.17) is 5.73 Å². The number of halogens is 1. The van der Waals surface area contributed by atoms with E-state index in [9.17, 15) is 4.79 Å². The number of rotatable bonds is 3. The third kappa shape index (κ3) is 2.14. The molecule has 6 heteroatoms. The second kappa shape index (κ2) is 5.03. The number of fused-ring (bicyclic) bond motifs is 1. The predicted octanol–water partition coefficient (Wildman–Crippen LogP) is 1.86. The lowest BCUT2D eigenvalue weighted by molar-refractivity contribution is -0.117. The van der Waals surface area contributed by atoms with Crippen molar-refractivity contribution in [2.24, 2.45) is 5.73 Å². The van der Waals surface area contributed by atoms with Crippen LogP contribution < -0.4 is 10.6 Å². The summed E-state index contributed by atoms with van der Waals surface area (Å²) in [5.41, 5.74) is 9.43. The van der Waals surface area contributed by atoms with Crippen LogP contribution >= 0.6 is 15.9 Å². The molecule has 0 atom stereocenters. The molecule has 0 unspecified atom stereocenters. The first-order valence-electron chi connectivity index (χ1n) is 6.44. The van der Waals surface area contributed by atoms with Gasteiger partial charge in [0.05, 0.1) is 6.42 Å². The topological polar surface area (TPSA) is 75.0 Å². The lowest BCUT2D eigenvalue weighted by Gasteiger charge is -2.10. The summed E-state index contributed by atoms with van der Waals surface area (Å²) in [6, 6.07) is 5.99. The van der Waals surface area contributed by atoms with E-state index in [0.29, 0.717) is 19.4 Å². The predicted molar refractivity (Wildman–Crippen MR) is 81.6 cm³/mol. The average molecular weight is 335 g/mol. The molecule has 0 fully saturated rings. The minimum atomic E-state index is 0.127. The van der Waals surface area contributed by atoms with Crippen LogP contribution in [0.5, 0.6) is 0 Å². The monoisotopic (exact) mass is 334 g/mol. The van der Waals surface area contributed by atoms with Crippen LogP contribution in [0.1, 0.15) is 11.4 Å². The van der Waals surface area contributed by atoms with Crippen LogP contribution in [0.15, 0.2) is 22.8 Å². The molecule has 5 nitrogen and oxygen atoms in total. The number of nitrogens with two attached hydrogens (primary N) is 1. The number of nitrogens with zero attached hydrogens (tertiary/aromatic N) is 2. The van der Waals surface area contributed by atoms with Crippen molar-refractivity contribution in [3.8, 4) is 11.3 Å². The van der Waals surface area contributed by atoms with Crippen molar-refractivity contribution in [2.45, 2.75) is 12.8 Å². The molecule has 2 aromatic rings. The maximum absolute atomic E-state index is 11.7. The number of nitrogens with one attached hydrogen (secondary N) is 1. The average Bonchev–Trinajstić information content (AvgIpc) is 2.91. The van der Waals surface area contributed by atoms with Gasteiger partial charge in [-0.05, 0) is 40.2 Å². The Kier molecular flexibility index (Phi) is 3.35. The third-order valence-electron chi connectivity index (χ3n) is 3.52. The van der Waals surface area contributed by atoms with Crippen LogP contribution in [0, 0.1) is 0 Å². The van der Waals surface area contributed by atoms with Crippen LogP contribution in [-0.2, 0) is 17.6 Å². The largest absolute Gasteiger partial charge is 0.336 e. The van der Waals surface area contributed by atoms with Gasteiger partial charge in [0.15, 0.2) is 0 Å². The summed E-state index contributed by atoms with van der Waals surface area (Å²) in [6.45, 7) is 0.558. The zero-order valence-electron chi connectivity index (χ0n) is 11.1. The molecule has 20 heavy (non-hydrogen) atoms. The van der Waals surface area contributed by atoms with Gasteiger partial charge in [0.1, 0.15) is 16.1 Å². The summed E-state index contributed by atoms with van der Waals surface area (Å²) in [7, 11) is 1.80. The Balaban J connectivity index is 2.00. The Morgan fingerprint density at radius 3 is 3.05 bits per heavy atom. The highest BCUT2D eigenvalue weighted by Gasteiger charge is 2.24. The number of aromatic amines is 1. The molecular formula is C14H15BrN4O. The summed E-state index contributed by atoms with van der Waals surface area (Å²) in [4.78, 5) is 21.1. The molecule has 1 aliphatic rings. The number of carbonyl (C=O) groups excluding carboxylic acids is 1. The highest BCUT2D eigenvalue weighted by atomic mass is 79.9. The molecule has 0 bridgehead atoms. The third-order valence-corrected chi connectivity index (χ3v) is 4.09. The zero-order chi connectivity index (χ0) is 14.3. The molecule has 1 aliphatic heterocycles. The lowest BCUT2D eigenvalue weighted by Crippen LogP contribution is -2.20. The van der Waals surface area contributed by atoms with Gasteiger partial charge in [-0.2, -0.15) is 0 Å². The van der Waals surface area contributed by atoms with Crippen LogP contribution in [0.3, 0.4) is 0 Å². The van der Waals surface area contributed by atoms with Gasteiger partial charge in [0.25, 0.3) is 0 Å². The fraction of sp³-hybridized carbons (Fsp3) is 0.286. The minimum absolute atomic E-state index is 0.127. The molecular weight excluding hydrogens is 320 g/mol. The van der Waals surface area contributed by atoms with E-state index >= 15 is 0 Å². The molecule has 1 aromatic heterocycles. The van der Waals surface area contributed by atoms with Gasteiger partial charge in [-0.3, -0.25) is 4.79 Å². The molecule has 0 aliphatic carbocycles. The van der Waals surface area contributed by atoms with Crippen molar-refractivity contribution in [1.82, 2.24) is 9.97 Å². The van der Waals surface area contributed by atoms with E-state index in [1.165, 1.54) is 0 Å². The second-order valence-electron chi connectivity index (χ2n) is 4.86. The van der Waals surface area contributed by atoms with Gasteiger partial charge in [0.2, 0.25) is 5.91 Å². The van der Waals surface area contributed by atoms with E-state index in [0.717, 1.165) is 32.9 Å². The molecule has 2 heterocycles. The quantitative estimate of drug-likeness (QED) is 0.899. The Morgan fingerprint density at radius 1 is 1.50 bits per heavy atom. The molecule has 0 spiro atoms. The number of amides is 1. The molecule has 3 rings (SSSR count). The van der Waals surface area contributed by atoms with E-state index in [1.54, 1.807) is 11.9 Å². The van der Waals surface area contributed by atoms with Crippen molar-refractivity contribution in [3.05, 3.63) is 34.2 Å². The number of hydrogen-bond donors (Lipinski definition) is 2. The summed E-state index contributed by atoms with van der Waals surface area (Å²) in [5.74, 6) is 0.991. The minimum Gasteiger partial charge on any atom is -0.336 e. The first-order chi connectivity index (χ1) is 9.60.